The van der Waals surface area contributed by atoms with E-state index in [9.17, 15) is 8.76 Å². The highest BCUT2D eigenvalue weighted by molar-refractivity contribution is 7.99. The molecule has 2 rings (SSSR count). The van der Waals surface area contributed by atoms with Crippen molar-refractivity contribution < 1.29 is 13.5 Å². The molecule has 0 radical (unpaired) electrons. The maximum Gasteiger partial charge on any atom is 0.127 e. The maximum atomic E-state index is 11.1. The lowest BCUT2D eigenvalue weighted by Gasteiger charge is -2.24. The number of rotatable bonds is 8. The van der Waals surface area contributed by atoms with Crippen molar-refractivity contribution in [2.75, 3.05) is 16.6 Å². The van der Waals surface area contributed by atoms with Gasteiger partial charge in [-0.15, -0.1) is 18.3 Å². The van der Waals surface area contributed by atoms with Crippen LogP contribution in [0, 0.1) is 0 Å². The lowest BCUT2D eigenvalue weighted by molar-refractivity contribution is 0.482. The fourth-order valence-corrected chi connectivity index (χ4v) is 3.09. The summed E-state index contributed by atoms with van der Waals surface area (Å²) in [7, 11) is 0. The van der Waals surface area contributed by atoms with E-state index in [2.05, 4.69) is 6.58 Å². The Morgan fingerprint density at radius 2 is 1.74 bits per heavy atom. The van der Waals surface area contributed by atoms with E-state index >= 15 is 0 Å². The second kappa shape index (κ2) is 8.76. The number of thioether (sulfide) groups is 1. The number of hydrogen-bond donors (Lipinski definition) is 0. The van der Waals surface area contributed by atoms with Crippen LogP contribution in [-0.2, 0) is 11.3 Å². The molecule has 0 saturated carbocycles. The normalized spacial score (nSPS) is 11.7. The first-order chi connectivity index (χ1) is 11.1. The van der Waals surface area contributed by atoms with Crippen molar-refractivity contribution in [2.24, 2.45) is 0 Å². The first-order valence-electron chi connectivity index (χ1n) is 7.12. The van der Waals surface area contributed by atoms with Gasteiger partial charge >= 0.3 is 0 Å². The van der Waals surface area contributed by atoms with Crippen molar-refractivity contribution >= 4 is 28.7 Å². The summed E-state index contributed by atoms with van der Waals surface area (Å²) < 4.78 is 29.2. The van der Waals surface area contributed by atoms with Gasteiger partial charge in [-0.25, -0.2) is 0 Å². The van der Waals surface area contributed by atoms with Crippen LogP contribution in [0.5, 0.6) is 11.5 Å². The van der Waals surface area contributed by atoms with E-state index in [4.69, 9.17) is 4.74 Å². The molecule has 0 bridgehead atoms. The quantitative estimate of drug-likeness (QED) is 0.404. The molecule has 4 nitrogen and oxygen atoms in total. The Balaban J connectivity index is 2.03. The van der Waals surface area contributed by atoms with Gasteiger partial charge in [0.25, 0.3) is 0 Å². The number of nitrogens with zero attached hydrogens (tertiary/aromatic N) is 1. The molecule has 0 aliphatic carbocycles. The van der Waals surface area contributed by atoms with Crippen LogP contribution >= 0.6 is 11.8 Å². The third-order valence-corrected chi connectivity index (χ3v) is 4.86. The predicted molar refractivity (Wildman–Crippen MR) is 95.8 cm³/mol. The van der Waals surface area contributed by atoms with Crippen molar-refractivity contribution in [3.05, 3.63) is 61.2 Å². The standard InChI is InChI=1S/C17H19NO3S2/c1-3-13-22-17-11-9-16(10-12-17)21-15-7-5-14(6-8-15)18(4-2)23(19)20/h3,5-12H,1,4,13H2,2H3,(H,19,20)/p-1. The molecule has 6 heteroatoms. The Morgan fingerprint density at radius 1 is 1.17 bits per heavy atom. The zero-order valence-electron chi connectivity index (χ0n) is 12.8. The second-order valence-electron chi connectivity index (χ2n) is 4.58. The molecule has 2 aromatic carbocycles. The van der Waals surface area contributed by atoms with Crippen LogP contribution in [0.3, 0.4) is 0 Å². The van der Waals surface area contributed by atoms with Crippen LogP contribution in [0.2, 0.25) is 0 Å². The van der Waals surface area contributed by atoms with Crippen LogP contribution in [0.25, 0.3) is 0 Å². The van der Waals surface area contributed by atoms with Crippen molar-refractivity contribution in [1.29, 1.82) is 0 Å². The number of hydrogen-bond acceptors (Lipinski definition) is 4. The van der Waals surface area contributed by atoms with Crippen LogP contribution in [-0.4, -0.2) is 21.1 Å². The topological polar surface area (TPSA) is 52.6 Å². The highest BCUT2D eigenvalue weighted by Gasteiger charge is 2.05. The first-order valence-corrected chi connectivity index (χ1v) is 9.14. The minimum atomic E-state index is -2.27. The molecule has 122 valence electrons. The van der Waals surface area contributed by atoms with E-state index in [-0.39, 0.29) is 0 Å². The molecule has 1 unspecified atom stereocenters. The van der Waals surface area contributed by atoms with E-state index < -0.39 is 11.3 Å². The lowest BCUT2D eigenvalue weighted by atomic mass is 10.3. The predicted octanol–water partition coefficient (Wildman–Crippen LogP) is 4.38. The molecule has 2 aromatic rings. The minimum absolute atomic E-state index is 0.389. The van der Waals surface area contributed by atoms with Crippen molar-refractivity contribution in [3.63, 3.8) is 0 Å². The molecule has 0 N–H and O–H groups in total. The number of benzene rings is 2. The van der Waals surface area contributed by atoms with Crippen LogP contribution in [0.1, 0.15) is 6.92 Å². The van der Waals surface area contributed by atoms with Crippen LogP contribution < -0.4 is 9.04 Å². The van der Waals surface area contributed by atoms with Gasteiger partial charge in [0.1, 0.15) is 11.5 Å². The third kappa shape index (κ3) is 5.13. The monoisotopic (exact) mass is 348 g/mol. The van der Waals surface area contributed by atoms with E-state index in [0.29, 0.717) is 18.0 Å². The smallest absolute Gasteiger partial charge is 0.127 e. The Kier molecular flexibility index (Phi) is 6.70. The summed E-state index contributed by atoms with van der Waals surface area (Å²) in [4.78, 5) is 1.16. The molecular weight excluding hydrogens is 330 g/mol. The molecule has 1 atom stereocenters. The minimum Gasteiger partial charge on any atom is -0.755 e. The molecule has 23 heavy (non-hydrogen) atoms. The summed E-state index contributed by atoms with van der Waals surface area (Å²) in [5.74, 6) is 2.27. The fourth-order valence-electron chi connectivity index (χ4n) is 1.95. The molecule has 0 spiro atoms. The first kappa shape index (κ1) is 17.6. The summed E-state index contributed by atoms with van der Waals surface area (Å²) in [6.07, 6.45) is 1.87. The molecule has 0 saturated heterocycles. The summed E-state index contributed by atoms with van der Waals surface area (Å²) in [6.45, 7) is 5.87. The molecule has 0 heterocycles. The van der Waals surface area contributed by atoms with E-state index in [1.165, 1.54) is 4.31 Å². The summed E-state index contributed by atoms with van der Waals surface area (Å²) in [5, 5.41) is 0. The van der Waals surface area contributed by atoms with Gasteiger partial charge in [-0.3, -0.25) is 4.21 Å². The molecule has 0 aliphatic heterocycles. The summed E-state index contributed by atoms with van der Waals surface area (Å²) >= 11 is -0.563. The largest absolute Gasteiger partial charge is 0.755 e. The Hall–Kier alpha value is -1.76. The molecule has 0 amide bonds. The van der Waals surface area contributed by atoms with Gasteiger partial charge in [0.2, 0.25) is 0 Å². The van der Waals surface area contributed by atoms with Crippen molar-refractivity contribution in [1.82, 2.24) is 0 Å². The highest BCUT2D eigenvalue weighted by atomic mass is 32.2. The summed E-state index contributed by atoms with van der Waals surface area (Å²) in [6, 6.07) is 14.8. The van der Waals surface area contributed by atoms with Gasteiger partial charge in [-0.1, -0.05) is 6.08 Å². The second-order valence-corrected chi connectivity index (χ2v) is 6.55. The SMILES string of the molecule is C=CCSc1ccc(Oc2ccc(N(CC)S(=O)[O-])cc2)cc1. The van der Waals surface area contributed by atoms with Gasteiger partial charge in [-0.2, -0.15) is 0 Å². The van der Waals surface area contributed by atoms with E-state index in [1.54, 1.807) is 43.0 Å². The zero-order chi connectivity index (χ0) is 16.7. The van der Waals surface area contributed by atoms with Gasteiger partial charge in [0.15, 0.2) is 0 Å². The van der Waals surface area contributed by atoms with E-state index in [1.807, 2.05) is 30.3 Å². The highest BCUT2D eigenvalue weighted by Crippen LogP contribution is 2.27. The van der Waals surface area contributed by atoms with Gasteiger partial charge in [0, 0.05) is 34.1 Å². The van der Waals surface area contributed by atoms with Gasteiger partial charge in [0.05, 0.1) is 0 Å². The maximum absolute atomic E-state index is 11.1. The average Bonchev–Trinajstić information content (AvgIpc) is 2.56. The molecule has 0 aromatic heterocycles. The Labute approximate surface area is 143 Å². The van der Waals surface area contributed by atoms with Crippen LogP contribution in [0.15, 0.2) is 66.1 Å². The zero-order valence-corrected chi connectivity index (χ0v) is 14.4. The fraction of sp³-hybridized carbons (Fsp3) is 0.176. The average molecular weight is 348 g/mol. The van der Waals surface area contributed by atoms with Crippen molar-refractivity contribution in [3.8, 4) is 11.5 Å². The van der Waals surface area contributed by atoms with Gasteiger partial charge in [-0.05, 0) is 55.5 Å². The van der Waals surface area contributed by atoms with Crippen LogP contribution in [0.4, 0.5) is 5.69 Å². The molecule has 0 aliphatic rings. The van der Waals surface area contributed by atoms with Crippen molar-refractivity contribution in [2.45, 2.75) is 11.8 Å². The summed E-state index contributed by atoms with van der Waals surface area (Å²) in [5.41, 5.74) is 0.615. The molecular formula is C17H18NO3S2-. The Morgan fingerprint density at radius 3 is 2.22 bits per heavy atom. The Bertz CT molecular complexity index is 657. The van der Waals surface area contributed by atoms with Gasteiger partial charge < -0.3 is 13.6 Å². The molecule has 0 fully saturated rings. The third-order valence-electron chi connectivity index (χ3n) is 3.02. The number of ether oxygens (including phenoxy) is 1. The van der Waals surface area contributed by atoms with E-state index in [0.717, 1.165) is 16.4 Å². The lowest BCUT2D eigenvalue weighted by Crippen LogP contribution is -2.24. The number of anilines is 1.